The molecule has 160 valence electrons. The topological polar surface area (TPSA) is 62.7 Å². The van der Waals surface area contributed by atoms with Crippen molar-refractivity contribution in [3.63, 3.8) is 0 Å². The number of ether oxygens (including phenoxy) is 1. The number of fused-ring (bicyclic) bond motifs is 1. The summed E-state index contributed by atoms with van der Waals surface area (Å²) in [4.78, 5) is 18.4. The largest absolute Gasteiger partial charge is 0.490 e. The minimum absolute atomic E-state index is 0. The molecular weight excluding hydrogens is 443 g/mol. The van der Waals surface area contributed by atoms with Crippen molar-refractivity contribution in [3.8, 4) is 16.9 Å². The van der Waals surface area contributed by atoms with Crippen LogP contribution in [0.4, 0.5) is 4.79 Å². The number of likely N-dealkylation sites (tertiary alicyclic amines) is 1. The molecule has 3 aromatic rings. The van der Waals surface area contributed by atoms with Gasteiger partial charge in [0.1, 0.15) is 11.9 Å². The molecule has 0 aliphatic carbocycles. The standard InChI is InChI=1S/C22H22N2O3S.2ClH/c1-28-17-7-5-15(6-8-17)18-3-2-4-19-20(9-12-23-21(18)19)27-16-10-13-24(14-11-16)22(25)26;;/h2-9,12,16H,10-11,13-14H2,1H3,(H,25,26);2*1H. The third kappa shape index (κ3) is 5.12. The smallest absolute Gasteiger partial charge is 0.407 e. The van der Waals surface area contributed by atoms with Gasteiger partial charge in [-0.1, -0.05) is 24.3 Å². The van der Waals surface area contributed by atoms with E-state index in [4.69, 9.17) is 9.84 Å². The second kappa shape index (κ2) is 10.8. The molecule has 30 heavy (non-hydrogen) atoms. The molecule has 0 atom stereocenters. The van der Waals surface area contributed by atoms with Crippen molar-refractivity contribution in [1.29, 1.82) is 0 Å². The van der Waals surface area contributed by atoms with Gasteiger partial charge >= 0.3 is 6.09 Å². The number of rotatable bonds is 4. The molecule has 0 bridgehead atoms. The van der Waals surface area contributed by atoms with Crippen molar-refractivity contribution in [3.05, 3.63) is 54.7 Å². The van der Waals surface area contributed by atoms with Crippen molar-refractivity contribution >= 4 is 53.6 Å². The van der Waals surface area contributed by atoms with Crippen LogP contribution in [0.15, 0.2) is 59.6 Å². The van der Waals surface area contributed by atoms with Crippen LogP contribution >= 0.6 is 36.6 Å². The van der Waals surface area contributed by atoms with Gasteiger partial charge in [-0.2, -0.15) is 0 Å². The van der Waals surface area contributed by atoms with Crippen LogP contribution in [-0.2, 0) is 0 Å². The van der Waals surface area contributed by atoms with E-state index in [0.717, 1.165) is 27.8 Å². The number of carbonyl (C=O) groups is 1. The van der Waals surface area contributed by atoms with E-state index in [-0.39, 0.29) is 30.9 Å². The highest BCUT2D eigenvalue weighted by molar-refractivity contribution is 7.98. The zero-order valence-corrected chi connectivity index (χ0v) is 18.9. The molecule has 4 rings (SSSR count). The van der Waals surface area contributed by atoms with Crippen LogP contribution in [0.25, 0.3) is 22.0 Å². The molecule has 1 aliphatic heterocycles. The lowest BCUT2D eigenvalue weighted by Crippen LogP contribution is -2.41. The van der Waals surface area contributed by atoms with Crippen LogP contribution in [0, 0.1) is 0 Å². The molecule has 0 unspecified atom stereocenters. The Kier molecular flexibility index (Phi) is 8.65. The van der Waals surface area contributed by atoms with Gasteiger partial charge in [0.2, 0.25) is 0 Å². The average Bonchev–Trinajstić information content (AvgIpc) is 2.74. The minimum atomic E-state index is -0.857. The molecule has 2 heterocycles. The van der Waals surface area contributed by atoms with Gasteiger partial charge in [-0.15, -0.1) is 36.6 Å². The highest BCUT2D eigenvalue weighted by atomic mass is 35.5. The minimum Gasteiger partial charge on any atom is -0.490 e. The lowest BCUT2D eigenvalue weighted by molar-refractivity contribution is 0.0902. The van der Waals surface area contributed by atoms with Gasteiger partial charge in [0.25, 0.3) is 0 Å². The SMILES string of the molecule is CSc1ccc(-c2cccc3c(OC4CCN(C(=O)O)CC4)ccnc23)cc1.Cl.Cl. The van der Waals surface area contributed by atoms with Gasteiger partial charge in [-0.25, -0.2) is 4.79 Å². The second-order valence-electron chi connectivity index (χ2n) is 6.83. The van der Waals surface area contributed by atoms with Crippen molar-refractivity contribution in [2.24, 2.45) is 0 Å². The zero-order valence-electron chi connectivity index (χ0n) is 16.5. The fourth-order valence-corrected chi connectivity index (χ4v) is 4.01. The molecule has 1 aliphatic rings. The zero-order chi connectivity index (χ0) is 19.5. The van der Waals surface area contributed by atoms with Crippen molar-refractivity contribution in [2.75, 3.05) is 19.3 Å². The predicted octanol–water partition coefficient (Wildman–Crippen LogP) is 5.99. The molecule has 8 heteroatoms. The first-order chi connectivity index (χ1) is 13.7. The van der Waals surface area contributed by atoms with Crippen LogP contribution in [0.3, 0.4) is 0 Å². The Bertz CT molecular complexity index is 993. The number of hydrogen-bond donors (Lipinski definition) is 1. The van der Waals surface area contributed by atoms with Crippen LogP contribution in [-0.4, -0.2) is 46.5 Å². The fourth-order valence-electron chi connectivity index (χ4n) is 3.60. The first-order valence-electron chi connectivity index (χ1n) is 9.32. The number of benzene rings is 2. The number of amides is 1. The summed E-state index contributed by atoms with van der Waals surface area (Å²) in [7, 11) is 0. The summed E-state index contributed by atoms with van der Waals surface area (Å²) in [5.41, 5.74) is 3.12. The molecule has 0 saturated carbocycles. The van der Waals surface area contributed by atoms with E-state index in [1.807, 2.05) is 18.2 Å². The van der Waals surface area contributed by atoms with Gasteiger partial charge < -0.3 is 14.7 Å². The van der Waals surface area contributed by atoms with E-state index >= 15 is 0 Å². The lowest BCUT2D eigenvalue weighted by atomic mass is 10.0. The van der Waals surface area contributed by atoms with Crippen molar-refractivity contribution in [2.45, 2.75) is 23.8 Å². The number of halogens is 2. The third-order valence-electron chi connectivity index (χ3n) is 5.14. The maximum Gasteiger partial charge on any atom is 0.407 e. The number of hydrogen-bond acceptors (Lipinski definition) is 4. The number of para-hydroxylation sites is 1. The average molecular weight is 467 g/mol. The normalized spacial score (nSPS) is 14.0. The van der Waals surface area contributed by atoms with Crippen LogP contribution < -0.4 is 4.74 Å². The van der Waals surface area contributed by atoms with Crippen LogP contribution in [0.1, 0.15) is 12.8 Å². The highest BCUT2D eigenvalue weighted by Crippen LogP contribution is 2.33. The third-order valence-corrected chi connectivity index (χ3v) is 5.88. The first-order valence-corrected chi connectivity index (χ1v) is 10.5. The van der Waals surface area contributed by atoms with E-state index in [9.17, 15) is 4.79 Å². The van der Waals surface area contributed by atoms with Gasteiger partial charge in [0.15, 0.2) is 0 Å². The predicted molar refractivity (Wildman–Crippen MR) is 127 cm³/mol. The van der Waals surface area contributed by atoms with Gasteiger partial charge in [0, 0.05) is 48.0 Å². The second-order valence-corrected chi connectivity index (χ2v) is 7.71. The van der Waals surface area contributed by atoms with Crippen molar-refractivity contribution in [1.82, 2.24) is 9.88 Å². The quantitative estimate of drug-likeness (QED) is 0.478. The summed E-state index contributed by atoms with van der Waals surface area (Å²) in [6.45, 7) is 1.02. The number of piperidine rings is 1. The maximum absolute atomic E-state index is 11.1. The molecule has 5 nitrogen and oxygen atoms in total. The van der Waals surface area contributed by atoms with E-state index in [2.05, 4.69) is 41.6 Å². The summed E-state index contributed by atoms with van der Waals surface area (Å²) in [6, 6.07) is 16.5. The van der Waals surface area contributed by atoms with E-state index < -0.39 is 6.09 Å². The Hall–Kier alpha value is -2.15. The number of nitrogens with zero attached hydrogens (tertiary/aromatic N) is 2. The maximum atomic E-state index is 11.1. The summed E-state index contributed by atoms with van der Waals surface area (Å²) in [5.74, 6) is 0.807. The first kappa shape index (κ1) is 24.1. The summed E-state index contributed by atoms with van der Waals surface area (Å²) in [5, 5.41) is 10.1. The molecule has 1 aromatic heterocycles. The van der Waals surface area contributed by atoms with Gasteiger partial charge in [0.05, 0.1) is 5.52 Å². The molecule has 1 amide bonds. The molecule has 0 spiro atoms. The summed E-state index contributed by atoms with van der Waals surface area (Å²) < 4.78 is 6.26. The number of aromatic nitrogens is 1. The lowest BCUT2D eigenvalue weighted by Gasteiger charge is -2.30. The van der Waals surface area contributed by atoms with E-state index in [1.54, 1.807) is 18.0 Å². The number of thioether (sulfide) groups is 1. The van der Waals surface area contributed by atoms with Crippen molar-refractivity contribution < 1.29 is 14.6 Å². The van der Waals surface area contributed by atoms with Crippen LogP contribution in [0.2, 0.25) is 0 Å². The van der Waals surface area contributed by atoms with Gasteiger partial charge in [-0.05, 0) is 36.1 Å². The molecular formula is C22H24Cl2N2O3S. The van der Waals surface area contributed by atoms with Gasteiger partial charge in [-0.3, -0.25) is 4.98 Å². The summed E-state index contributed by atoms with van der Waals surface area (Å²) in [6.07, 6.45) is 4.41. The Morgan fingerprint density at radius 1 is 1.10 bits per heavy atom. The Balaban J connectivity index is 0.00000160. The fraction of sp³-hybridized carbons (Fsp3) is 0.273. The molecule has 1 fully saturated rings. The Labute approximate surface area is 192 Å². The van der Waals surface area contributed by atoms with E-state index in [1.165, 1.54) is 9.80 Å². The Morgan fingerprint density at radius 3 is 2.43 bits per heavy atom. The number of carboxylic acid groups (broad SMARTS) is 1. The number of pyridine rings is 1. The Morgan fingerprint density at radius 2 is 1.80 bits per heavy atom. The molecule has 2 aromatic carbocycles. The highest BCUT2D eigenvalue weighted by Gasteiger charge is 2.24. The van der Waals surface area contributed by atoms with E-state index in [0.29, 0.717) is 25.9 Å². The summed E-state index contributed by atoms with van der Waals surface area (Å²) >= 11 is 1.72. The monoisotopic (exact) mass is 466 g/mol. The molecule has 1 saturated heterocycles. The van der Waals surface area contributed by atoms with Crippen LogP contribution in [0.5, 0.6) is 5.75 Å². The molecule has 0 radical (unpaired) electrons. The molecule has 1 N–H and O–H groups in total.